The Morgan fingerprint density at radius 2 is 2.23 bits per heavy atom. The van der Waals surface area contributed by atoms with Crippen molar-refractivity contribution in [2.24, 2.45) is 18.9 Å². The van der Waals surface area contributed by atoms with Crippen molar-refractivity contribution in [3.05, 3.63) is 59.7 Å². The molecule has 0 radical (unpaired) electrons. The third-order valence-electron chi connectivity index (χ3n) is 6.68. The van der Waals surface area contributed by atoms with Crippen molar-refractivity contribution in [2.45, 2.75) is 31.7 Å². The van der Waals surface area contributed by atoms with Crippen LogP contribution in [0.3, 0.4) is 0 Å². The third kappa shape index (κ3) is 2.78. The molecule has 2 aromatic heterocycles. The molecule has 3 aliphatic rings. The van der Waals surface area contributed by atoms with Gasteiger partial charge in [0.15, 0.2) is 0 Å². The number of hydrogen-bond donors (Lipinski definition) is 0. The molecule has 0 N–H and O–H groups in total. The molecule has 8 nitrogen and oxygen atoms in total. The number of likely N-dealkylation sites (tertiary alicyclic amines) is 1. The van der Waals surface area contributed by atoms with Crippen molar-refractivity contribution < 1.29 is 14.3 Å². The Labute approximate surface area is 175 Å². The van der Waals surface area contributed by atoms with Gasteiger partial charge in [0.25, 0.3) is 0 Å². The molecule has 2 saturated heterocycles. The van der Waals surface area contributed by atoms with E-state index in [0.29, 0.717) is 19.6 Å². The number of pyridine rings is 1. The van der Waals surface area contributed by atoms with Crippen LogP contribution in [-0.2, 0) is 34.5 Å². The number of hydrogen-bond acceptors (Lipinski definition) is 5. The lowest BCUT2D eigenvalue weighted by Crippen LogP contribution is -2.44. The Balaban J connectivity index is 1.36. The smallest absolute Gasteiger partial charge is 0.230 e. The molecule has 5 heterocycles. The highest BCUT2D eigenvalue weighted by atomic mass is 16.5. The molecule has 0 aliphatic carbocycles. The zero-order chi connectivity index (χ0) is 21.0. The maximum Gasteiger partial charge on any atom is 0.230 e. The SMILES string of the molecule is Cc1c(CN(C)C(=O)[C@@H]2[C@@H]3C=C[C@@]4(CN(Cc5cccnc5)C(=O)[C@@H]24)O3)cnn1C. The predicted octanol–water partition coefficient (Wildman–Crippen LogP) is 1.06. The third-order valence-corrected chi connectivity index (χ3v) is 6.68. The van der Waals surface area contributed by atoms with Gasteiger partial charge in [0.05, 0.1) is 30.7 Å². The van der Waals surface area contributed by atoms with E-state index < -0.39 is 17.4 Å². The van der Waals surface area contributed by atoms with Gasteiger partial charge in [0, 0.05) is 50.8 Å². The number of aromatic nitrogens is 3. The summed E-state index contributed by atoms with van der Waals surface area (Å²) in [5, 5.41) is 4.26. The van der Waals surface area contributed by atoms with Gasteiger partial charge in [-0.1, -0.05) is 18.2 Å². The molecule has 2 aromatic rings. The molecule has 8 heteroatoms. The second-order valence-electron chi connectivity index (χ2n) is 8.53. The Kier molecular flexibility index (Phi) is 4.28. The molecule has 30 heavy (non-hydrogen) atoms. The van der Waals surface area contributed by atoms with Gasteiger partial charge < -0.3 is 14.5 Å². The van der Waals surface area contributed by atoms with E-state index >= 15 is 0 Å². The lowest BCUT2D eigenvalue weighted by molar-refractivity contribution is -0.142. The minimum Gasteiger partial charge on any atom is -0.360 e. The van der Waals surface area contributed by atoms with Gasteiger partial charge in [-0.15, -0.1) is 0 Å². The zero-order valence-electron chi connectivity index (χ0n) is 17.4. The van der Waals surface area contributed by atoms with Crippen molar-refractivity contribution in [2.75, 3.05) is 13.6 Å². The van der Waals surface area contributed by atoms with E-state index in [2.05, 4.69) is 10.1 Å². The highest BCUT2D eigenvalue weighted by Crippen LogP contribution is 2.52. The van der Waals surface area contributed by atoms with Crippen LogP contribution >= 0.6 is 0 Å². The first-order chi connectivity index (χ1) is 14.4. The Bertz CT molecular complexity index is 1030. The van der Waals surface area contributed by atoms with Gasteiger partial charge in [0.2, 0.25) is 11.8 Å². The number of ether oxygens (including phenoxy) is 1. The summed E-state index contributed by atoms with van der Waals surface area (Å²) in [7, 11) is 3.66. The number of aryl methyl sites for hydroxylation is 1. The van der Waals surface area contributed by atoms with Crippen LogP contribution in [-0.4, -0.2) is 61.7 Å². The summed E-state index contributed by atoms with van der Waals surface area (Å²) < 4.78 is 8.03. The van der Waals surface area contributed by atoms with Crippen molar-refractivity contribution in [3.8, 4) is 0 Å². The second-order valence-corrected chi connectivity index (χ2v) is 8.53. The molecule has 0 aromatic carbocycles. The van der Waals surface area contributed by atoms with Crippen LogP contribution in [0.1, 0.15) is 16.8 Å². The van der Waals surface area contributed by atoms with Crippen molar-refractivity contribution in [1.82, 2.24) is 24.6 Å². The first-order valence-corrected chi connectivity index (χ1v) is 10.2. The number of amides is 2. The first kappa shape index (κ1) is 19.0. The van der Waals surface area contributed by atoms with Gasteiger partial charge >= 0.3 is 0 Å². The zero-order valence-corrected chi connectivity index (χ0v) is 17.4. The quantitative estimate of drug-likeness (QED) is 0.693. The fourth-order valence-corrected chi connectivity index (χ4v) is 4.99. The van der Waals surface area contributed by atoms with E-state index in [0.717, 1.165) is 16.8 Å². The Morgan fingerprint density at radius 3 is 2.93 bits per heavy atom. The summed E-state index contributed by atoms with van der Waals surface area (Å²) >= 11 is 0. The average molecular weight is 407 g/mol. The summed E-state index contributed by atoms with van der Waals surface area (Å²) in [6, 6.07) is 3.81. The molecule has 2 fully saturated rings. The molecule has 156 valence electrons. The lowest BCUT2D eigenvalue weighted by Gasteiger charge is -2.27. The summed E-state index contributed by atoms with van der Waals surface area (Å²) in [4.78, 5) is 34.4. The minimum absolute atomic E-state index is 0.0185. The van der Waals surface area contributed by atoms with Crippen molar-refractivity contribution >= 4 is 11.8 Å². The monoisotopic (exact) mass is 407 g/mol. The molecule has 2 bridgehead atoms. The van der Waals surface area contributed by atoms with E-state index in [1.165, 1.54) is 0 Å². The first-order valence-electron chi connectivity index (χ1n) is 10.2. The molecule has 4 atom stereocenters. The van der Waals surface area contributed by atoms with E-state index in [4.69, 9.17) is 4.74 Å². The van der Waals surface area contributed by atoms with E-state index in [1.807, 2.05) is 38.3 Å². The second kappa shape index (κ2) is 6.77. The summed E-state index contributed by atoms with van der Waals surface area (Å²) in [5.74, 6) is -1.05. The average Bonchev–Trinajstić information content (AvgIpc) is 3.45. The van der Waals surface area contributed by atoms with Gasteiger partial charge in [-0.3, -0.25) is 19.3 Å². The molecular formula is C22H25N5O3. The Morgan fingerprint density at radius 1 is 1.40 bits per heavy atom. The Hall–Kier alpha value is -3.00. The fraction of sp³-hybridized carbons (Fsp3) is 0.455. The van der Waals surface area contributed by atoms with Crippen molar-refractivity contribution in [3.63, 3.8) is 0 Å². The molecule has 1 spiro atoms. The van der Waals surface area contributed by atoms with E-state index in [9.17, 15) is 9.59 Å². The lowest BCUT2D eigenvalue weighted by atomic mass is 9.76. The van der Waals surface area contributed by atoms with Gasteiger partial charge in [-0.05, 0) is 18.6 Å². The number of carbonyl (C=O) groups excluding carboxylic acids is 2. The van der Waals surface area contributed by atoms with Crippen LogP contribution in [0.25, 0.3) is 0 Å². The summed E-state index contributed by atoms with van der Waals surface area (Å²) in [5.41, 5.74) is 2.29. The van der Waals surface area contributed by atoms with Crippen molar-refractivity contribution in [1.29, 1.82) is 0 Å². The van der Waals surface area contributed by atoms with Crippen LogP contribution in [0, 0.1) is 18.8 Å². The maximum atomic E-state index is 13.4. The van der Waals surface area contributed by atoms with Crippen LogP contribution in [0.5, 0.6) is 0 Å². The number of fused-ring (bicyclic) bond motifs is 1. The fourth-order valence-electron chi connectivity index (χ4n) is 4.99. The van der Waals surface area contributed by atoms with Crippen LogP contribution < -0.4 is 0 Å². The minimum atomic E-state index is -0.699. The van der Waals surface area contributed by atoms with Gasteiger partial charge in [-0.2, -0.15) is 5.10 Å². The molecule has 3 aliphatic heterocycles. The highest BCUT2D eigenvalue weighted by Gasteiger charge is 2.67. The molecule has 2 amide bonds. The number of carbonyl (C=O) groups is 2. The molecular weight excluding hydrogens is 382 g/mol. The topological polar surface area (TPSA) is 80.6 Å². The number of nitrogens with zero attached hydrogens (tertiary/aromatic N) is 5. The van der Waals surface area contributed by atoms with Crippen LogP contribution in [0.15, 0.2) is 42.9 Å². The normalized spacial score (nSPS) is 29.0. The van der Waals surface area contributed by atoms with Gasteiger partial charge in [-0.25, -0.2) is 0 Å². The van der Waals surface area contributed by atoms with Gasteiger partial charge in [0.1, 0.15) is 5.60 Å². The standard InChI is InChI=1S/C22H25N5O3/c1-14-16(10-24-26(14)3)12-25(2)20(28)18-17-6-7-22(30-17)13-27(21(29)19(18)22)11-15-5-4-8-23-9-15/h4-10,17-19H,11-13H2,1-3H3/t17-,18+,19+,22-/m0/s1. The largest absolute Gasteiger partial charge is 0.360 e. The van der Waals surface area contributed by atoms with E-state index in [-0.39, 0.29) is 17.9 Å². The van der Waals surface area contributed by atoms with E-state index in [1.54, 1.807) is 40.1 Å². The summed E-state index contributed by atoms with van der Waals surface area (Å²) in [6.45, 7) is 3.38. The highest BCUT2D eigenvalue weighted by molar-refractivity contribution is 5.93. The van der Waals surface area contributed by atoms with Crippen LogP contribution in [0.4, 0.5) is 0 Å². The summed E-state index contributed by atoms with van der Waals surface area (Å²) in [6.07, 6.45) is 8.85. The van der Waals surface area contributed by atoms with Crippen LogP contribution in [0.2, 0.25) is 0 Å². The predicted molar refractivity (Wildman–Crippen MR) is 108 cm³/mol. The number of rotatable bonds is 5. The molecule has 5 rings (SSSR count). The molecule has 0 saturated carbocycles. The molecule has 0 unspecified atom stereocenters. The maximum absolute atomic E-state index is 13.4.